The number of halogens is 2. The first-order chi connectivity index (χ1) is 9.88. The van der Waals surface area contributed by atoms with E-state index in [4.69, 9.17) is 5.11 Å². The summed E-state index contributed by atoms with van der Waals surface area (Å²) in [5.41, 5.74) is 1.10. The molecule has 0 aliphatic carbocycles. The monoisotopic (exact) mass is 291 g/mol. The zero-order chi connectivity index (χ0) is 15.6. The second-order valence-electron chi connectivity index (χ2n) is 4.87. The second kappa shape index (κ2) is 5.91. The molecule has 0 aliphatic heterocycles. The minimum absolute atomic E-state index is 0.128. The summed E-state index contributed by atoms with van der Waals surface area (Å²) in [6.45, 7) is 3.18. The van der Waals surface area contributed by atoms with Crippen molar-refractivity contribution < 1.29 is 18.7 Å². The van der Waals surface area contributed by atoms with E-state index in [2.05, 4.69) is 5.32 Å². The number of aryl methyl sites for hydroxylation is 1. The van der Waals surface area contributed by atoms with Gasteiger partial charge < -0.3 is 10.4 Å². The maximum absolute atomic E-state index is 13.9. The summed E-state index contributed by atoms with van der Waals surface area (Å²) in [5.74, 6) is -2.01. The first kappa shape index (κ1) is 15.0. The highest BCUT2D eigenvalue weighted by molar-refractivity contribution is 5.88. The molecule has 0 amide bonds. The molecule has 1 unspecified atom stereocenters. The predicted molar refractivity (Wildman–Crippen MR) is 76.5 cm³/mol. The third-order valence-corrected chi connectivity index (χ3v) is 3.24. The van der Waals surface area contributed by atoms with E-state index >= 15 is 0 Å². The Kier molecular flexibility index (Phi) is 4.21. The van der Waals surface area contributed by atoms with E-state index < -0.39 is 23.6 Å². The third kappa shape index (κ3) is 3.37. The van der Waals surface area contributed by atoms with Crippen LogP contribution in [-0.4, -0.2) is 11.1 Å². The van der Waals surface area contributed by atoms with Crippen molar-refractivity contribution >= 4 is 11.7 Å². The third-order valence-electron chi connectivity index (χ3n) is 3.24. The van der Waals surface area contributed by atoms with Crippen LogP contribution in [0.1, 0.15) is 34.5 Å². The predicted octanol–water partition coefficient (Wildman–Crippen LogP) is 4.14. The molecule has 2 aromatic rings. The Morgan fingerprint density at radius 2 is 1.90 bits per heavy atom. The lowest BCUT2D eigenvalue weighted by Gasteiger charge is -2.17. The highest BCUT2D eigenvalue weighted by atomic mass is 19.1. The van der Waals surface area contributed by atoms with Gasteiger partial charge in [-0.1, -0.05) is 6.07 Å². The van der Waals surface area contributed by atoms with Gasteiger partial charge in [0.05, 0.1) is 11.6 Å². The number of aromatic carboxylic acids is 1. The van der Waals surface area contributed by atoms with Crippen LogP contribution in [0.3, 0.4) is 0 Å². The van der Waals surface area contributed by atoms with Crippen molar-refractivity contribution in [2.24, 2.45) is 0 Å². The lowest BCUT2D eigenvalue weighted by molar-refractivity contribution is 0.0697. The first-order valence-corrected chi connectivity index (χ1v) is 6.44. The Labute approximate surface area is 121 Å². The number of carbonyl (C=O) groups is 1. The summed E-state index contributed by atoms with van der Waals surface area (Å²) >= 11 is 0. The maximum atomic E-state index is 13.9. The zero-order valence-corrected chi connectivity index (χ0v) is 11.7. The van der Waals surface area contributed by atoms with Crippen LogP contribution in [0.15, 0.2) is 36.4 Å². The number of carboxylic acids is 1. The van der Waals surface area contributed by atoms with Gasteiger partial charge in [0.1, 0.15) is 11.6 Å². The molecular weight excluding hydrogens is 276 g/mol. The molecule has 0 bridgehead atoms. The van der Waals surface area contributed by atoms with Crippen molar-refractivity contribution in [2.45, 2.75) is 19.9 Å². The summed E-state index contributed by atoms with van der Waals surface area (Å²) in [6, 6.07) is 7.98. The van der Waals surface area contributed by atoms with Crippen molar-refractivity contribution in [3.05, 3.63) is 64.7 Å². The molecular formula is C16H15F2NO2. The molecule has 2 N–H and O–H groups in total. The van der Waals surface area contributed by atoms with Gasteiger partial charge >= 0.3 is 5.97 Å². The SMILES string of the molecule is Cc1cc(F)c(C(C)Nc2cccc(C(=O)O)c2)cc1F. The highest BCUT2D eigenvalue weighted by Gasteiger charge is 2.14. The second-order valence-corrected chi connectivity index (χ2v) is 4.87. The molecule has 0 saturated heterocycles. The Morgan fingerprint density at radius 1 is 1.19 bits per heavy atom. The first-order valence-electron chi connectivity index (χ1n) is 6.44. The van der Waals surface area contributed by atoms with Crippen molar-refractivity contribution in [1.29, 1.82) is 0 Å². The molecule has 0 radical (unpaired) electrons. The number of nitrogens with one attached hydrogen (secondary N) is 1. The molecule has 110 valence electrons. The van der Waals surface area contributed by atoms with Gasteiger partial charge in [-0.15, -0.1) is 0 Å². The number of carboxylic acid groups (broad SMARTS) is 1. The van der Waals surface area contributed by atoms with E-state index in [1.807, 2.05) is 0 Å². The van der Waals surface area contributed by atoms with E-state index in [1.165, 1.54) is 19.1 Å². The number of benzene rings is 2. The molecule has 0 saturated carbocycles. The molecule has 0 heterocycles. The minimum Gasteiger partial charge on any atom is -0.478 e. The standard InChI is InChI=1S/C16H15F2NO2/c1-9-6-15(18)13(8-14(9)17)10(2)19-12-5-3-4-11(7-12)16(20)21/h3-8,10,19H,1-2H3,(H,20,21). The Morgan fingerprint density at radius 3 is 2.57 bits per heavy atom. The van der Waals surface area contributed by atoms with Gasteiger partial charge in [-0.25, -0.2) is 13.6 Å². The van der Waals surface area contributed by atoms with Gasteiger partial charge in [-0.3, -0.25) is 0 Å². The van der Waals surface area contributed by atoms with Crippen LogP contribution in [0.25, 0.3) is 0 Å². The van der Waals surface area contributed by atoms with Gasteiger partial charge in [0.25, 0.3) is 0 Å². The summed E-state index contributed by atoms with van der Waals surface area (Å²) < 4.78 is 27.4. The van der Waals surface area contributed by atoms with Gasteiger partial charge in [-0.05, 0) is 49.7 Å². The van der Waals surface area contributed by atoms with Crippen molar-refractivity contribution in [3.63, 3.8) is 0 Å². The largest absolute Gasteiger partial charge is 0.478 e. The van der Waals surface area contributed by atoms with Gasteiger partial charge in [0, 0.05) is 11.3 Å². The molecule has 1 atom stereocenters. The highest BCUT2D eigenvalue weighted by Crippen LogP contribution is 2.24. The van der Waals surface area contributed by atoms with E-state index in [0.29, 0.717) is 5.69 Å². The topological polar surface area (TPSA) is 49.3 Å². The Bertz CT molecular complexity index is 686. The number of hydrogen-bond acceptors (Lipinski definition) is 2. The molecule has 5 heteroatoms. The van der Waals surface area contributed by atoms with Crippen molar-refractivity contribution in [3.8, 4) is 0 Å². The van der Waals surface area contributed by atoms with Crippen molar-refractivity contribution in [1.82, 2.24) is 0 Å². The van der Waals surface area contributed by atoms with E-state index in [9.17, 15) is 13.6 Å². The van der Waals surface area contributed by atoms with Crippen LogP contribution < -0.4 is 5.32 Å². The smallest absolute Gasteiger partial charge is 0.335 e. The van der Waals surface area contributed by atoms with Gasteiger partial charge in [0.15, 0.2) is 0 Å². The normalized spacial score (nSPS) is 12.0. The van der Waals surface area contributed by atoms with Crippen LogP contribution >= 0.6 is 0 Å². The zero-order valence-electron chi connectivity index (χ0n) is 11.7. The fourth-order valence-electron chi connectivity index (χ4n) is 2.06. The van der Waals surface area contributed by atoms with E-state index in [1.54, 1.807) is 19.1 Å². The number of rotatable bonds is 4. The number of anilines is 1. The lowest BCUT2D eigenvalue weighted by Crippen LogP contribution is -2.10. The maximum Gasteiger partial charge on any atom is 0.335 e. The van der Waals surface area contributed by atoms with Gasteiger partial charge in [0.2, 0.25) is 0 Å². The fraction of sp³-hybridized carbons (Fsp3) is 0.188. The van der Waals surface area contributed by atoms with E-state index in [0.717, 1.165) is 12.1 Å². The minimum atomic E-state index is -1.04. The van der Waals surface area contributed by atoms with Crippen LogP contribution in [0.4, 0.5) is 14.5 Å². The summed E-state index contributed by atoms with van der Waals surface area (Å²) in [6.07, 6.45) is 0. The molecule has 0 aromatic heterocycles. The Hall–Kier alpha value is -2.43. The molecule has 21 heavy (non-hydrogen) atoms. The molecule has 0 fully saturated rings. The molecule has 0 aliphatic rings. The van der Waals surface area contributed by atoms with E-state index in [-0.39, 0.29) is 16.7 Å². The summed E-state index contributed by atoms with van der Waals surface area (Å²) in [7, 11) is 0. The Balaban J connectivity index is 2.26. The fourth-order valence-corrected chi connectivity index (χ4v) is 2.06. The van der Waals surface area contributed by atoms with Crippen LogP contribution in [0.5, 0.6) is 0 Å². The summed E-state index contributed by atoms with van der Waals surface area (Å²) in [4.78, 5) is 10.9. The molecule has 0 spiro atoms. The quantitative estimate of drug-likeness (QED) is 0.890. The van der Waals surface area contributed by atoms with Crippen LogP contribution in [-0.2, 0) is 0 Å². The van der Waals surface area contributed by atoms with Gasteiger partial charge in [-0.2, -0.15) is 0 Å². The number of hydrogen-bond donors (Lipinski definition) is 2. The average molecular weight is 291 g/mol. The summed E-state index contributed by atoms with van der Waals surface area (Å²) in [5, 5.41) is 11.9. The average Bonchev–Trinajstić information content (AvgIpc) is 2.43. The molecule has 3 nitrogen and oxygen atoms in total. The van der Waals surface area contributed by atoms with Crippen LogP contribution in [0, 0.1) is 18.6 Å². The molecule has 2 aromatic carbocycles. The molecule has 2 rings (SSSR count). The lowest BCUT2D eigenvalue weighted by atomic mass is 10.0. The van der Waals surface area contributed by atoms with Crippen molar-refractivity contribution in [2.75, 3.05) is 5.32 Å². The van der Waals surface area contributed by atoms with Crippen LogP contribution in [0.2, 0.25) is 0 Å².